The highest BCUT2D eigenvalue weighted by Gasteiger charge is 2.28. The van der Waals surface area contributed by atoms with Crippen molar-refractivity contribution in [3.63, 3.8) is 0 Å². The Bertz CT molecular complexity index is 568. The van der Waals surface area contributed by atoms with Gasteiger partial charge in [0.05, 0.1) is 0 Å². The van der Waals surface area contributed by atoms with Crippen LogP contribution in [-0.4, -0.2) is 71.1 Å². The van der Waals surface area contributed by atoms with Crippen LogP contribution in [0.15, 0.2) is 29.3 Å². The smallest absolute Gasteiger partial charge is 0.422 e. The molecular weight excluding hydrogens is 361 g/mol. The molecule has 0 amide bonds. The molecule has 6 nitrogen and oxygen atoms in total. The van der Waals surface area contributed by atoms with Crippen LogP contribution in [0.1, 0.15) is 12.0 Å². The van der Waals surface area contributed by atoms with Gasteiger partial charge in [-0.2, -0.15) is 13.2 Å². The summed E-state index contributed by atoms with van der Waals surface area (Å²) in [5.41, 5.74) is 0.800. The van der Waals surface area contributed by atoms with Crippen molar-refractivity contribution >= 4 is 5.96 Å². The molecule has 0 atom stereocenters. The summed E-state index contributed by atoms with van der Waals surface area (Å²) in [6, 6.07) is 6.55. The second kappa shape index (κ2) is 12.4. The Labute approximate surface area is 158 Å². The van der Waals surface area contributed by atoms with Gasteiger partial charge < -0.3 is 25.0 Å². The first-order valence-electron chi connectivity index (χ1n) is 8.74. The summed E-state index contributed by atoms with van der Waals surface area (Å²) in [6.45, 7) is 2.39. The van der Waals surface area contributed by atoms with E-state index in [2.05, 4.69) is 20.5 Å². The number of halogens is 3. The number of nitrogens with zero attached hydrogens (tertiary/aromatic N) is 2. The molecule has 2 N–H and O–H groups in total. The molecule has 0 heterocycles. The summed E-state index contributed by atoms with van der Waals surface area (Å²) >= 11 is 0. The number of likely N-dealkylation sites (N-methyl/N-ethyl adjacent to an activating group) is 1. The third-order valence-corrected chi connectivity index (χ3v) is 3.66. The lowest BCUT2D eigenvalue weighted by atomic mass is 10.2. The van der Waals surface area contributed by atoms with Gasteiger partial charge in [0.15, 0.2) is 12.6 Å². The van der Waals surface area contributed by atoms with E-state index in [4.69, 9.17) is 9.47 Å². The first kappa shape index (κ1) is 23.0. The van der Waals surface area contributed by atoms with Gasteiger partial charge in [0, 0.05) is 46.9 Å². The summed E-state index contributed by atoms with van der Waals surface area (Å²) in [6.07, 6.45) is -3.37. The number of nitrogens with one attached hydrogen (secondary N) is 2. The summed E-state index contributed by atoms with van der Waals surface area (Å²) in [5, 5.41) is 6.34. The molecule has 1 rings (SSSR count). The SMILES string of the molecule is CN=C(NCCN(C)CCCOC)NCc1cccc(OCC(F)(F)F)c1. The summed E-state index contributed by atoms with van der Waals surface area (Å²) in [7, 11) is 5.40. The molecule has 9 heteroatoms. The zero-order valence-corrected chi connectivity index (χ0v) is 16.1. The highest BCUT2D eigenvalue weighted by molar-refractivity contribution is 5.79. The maximum Gasteiger partial charge on any atom is 0.422 e. The van der Waals surface area contributed by atoms with Crippen molar-refractivity contribution in [1.29, 1.82) is 0 Å². The summed E-state index contributed by atoms with van der Waals surface area (Å²) < 4.78 is 46.5. The molecule has 27 heavy (non-hydrogen) atoms. The van der Waals surface area contributed by atoms with Crippen LogP contribution >= 0.6 is 0 Å². The summed E-state index contributed by atoms with van der Waals surface area (Å²) in [5.74, 6) is 0.814. The standard InChI is InChI=1S/C18H29F3N4O2/c1-22-17(23-8-10-25(2)9-5-11-26-3)24-13-15-6-4-7-16(12-15)27-14-18(19,20)21/h4,6-7,12H,5,8-11,13-14H2,1-3H3,(H2,22,23,24). The van der Waals surface area contributed by atoms with Crippen LogP contribution < -0.4 is 15.4 Å². The lowest BCUT2D eigenvalue weighted by Gasteiger charge is -2.18. The average Bonchev–Trinajstić information content (AvgIpc) is 2.63. The van der Waals surface area contributed by atoms with Crippen LogP contribution in [0.4, 0.5) is 13.2 Å². The third kappa shape index (κ3) is 11.3. The van der Waals surface area contributed by atoms with E-state index >= 15 is 0 Å². The van der Waals surface area contributed by atoms with Crippen molar-refractivity contribution in [3.8, 4) is 5.75 Å². The maximum absolute atomic E-state index is 12.2. The normalized spacial score (nSPS) is 12.3. The van der Waals surface area contributed by atoms with E-state index in [-0.39, 0.29) is 5.75 Å². The Balaban J connectivity index is 2.35. The lowest BCUT2D eigenvalue weighted by Crippen LogP contribution is -2.40. The number of hydrogen-bond donors (Lipinski definition) is 2. The number of aliphatic imine (C=N–C) groups is 1. The molecule has 0 aliphatic carbocycles. The maximum atomic E-state index is 12.2. The van der Waals surface area contributed by atoms with Gasteiger partial charge in [0.2, 0.25) is 0 Å². The second-order valence-electron chi connectivity index (χ2n) is 6.05. The van der Waals surface area contributed by atoms with E-state index in [9.17, 15) is 13.2 Å². The number of ether oxygens (including phenoxy) is 2. The van der Waals surface area contributed by atoms with Crippen molar-refractivity contribution in [3.05, 3.63) is 29.8 Å². The van der Waals surface area contributed by atoms with Crippen LogP contribution in [-0.2, 0) is 11.3 Å². The third-order valence-electron chi connectivity index (χ3n) is 3.66. The predicted molar refractivity (Wildman–Crippen MR) is 100 cm³/mol. The van der Waals surface area contributed by atoms with Gasteiger partial charge in [-0.1, -0.05) is 12.1 Å². The van der Waals surface area contributed by atoms with Crippen molar-refractivity contribution < 1.29 is 22.6 Å². The van der Waals surface area contributed by atoms with E-state index in [1.54, 1.807) is 26.3 Å². The molecule has 1 aromatic carbocycles. The van der Waals surface area contributed by atoms with E-state index in [1.165, 1.54) is 6.07 Å². The molecule has 0 fully saturated rings. The fourth-order valence-electron chi connectivity index (χ4n) is 2.27. The van der Waals surface area contributed by atoms with Crippen LogP contribution in [0.25, 0.3) is 0 Å². The van der Waals surface area contributed by atoms with Crippen LogP contribution in [0.2, 0.25) is 0 Å². The molecule has 0 bridgehead atoms. The largest absolute Gasteiger partial charge is 0.484 e. The number of alkyl halides is 3. The lowest BCUT2D eigenvalue weighted by molar-refractivity contribution is -0.153. The molecular formula is C18H29F3N4O2. The zero-order valence-electron chi connectivity index (χ0n) is 16.1. The van der Waals surface area contributed by atoms with Gasteiger partial charge in [-0.3, -0.25) is 4.99 Å². The van der Waals surface area contributed by atoms with Gasteiger partial charge in [0.25, 0.3) is 0 Å². The number of benzene rings is 1. The Morgan fingerprint density at radius 1 is 1.22 bits per heavy atom. The zero-order chi connectivity index (χ0) is 20.1. The van der Waals surface area contributed by atoms with Crippen LogP contribution in [0.5, 0.6) is 5.75 Å². The molecule has 0 saturated carbocycles. The molecule has 0 aliphatic heterocycles. The minimum atomic E-state index is -4.35. The topological polar surface area (TPSA) is 58.1 Å². The molecule has 0 unspecified atom stereocenters. The van der Waals surface area contributed by atoms with E-state index < -0.39 is 12.8 Å². The average molecular weight is 390 g/mol. The molecule has 0 aliphatic rings. The van der Waals surface area contributed by atoms with Gasteiger partial charge >= 0.3 is 6.18 Å². The molecule has 154 valence electrons. The van der Waals surface area contributed by atoms with Gasteiger partial charge in [-0.25, -0.2) is 0 Å². The molecule has 0 saturated heterocycles. The minimum Gasteiger partial charge on any atom is -0.484 e. The van der Waals surface area contributed by atoms with E-state index in [0.717, 1.165) is 38.2 Å². The molecule has 0 aromatic heterocycles. The highest BCUT2D eigenvalue weighted by atomic mass is 19.4. The number of guanidine groups is 1. The number of methoxy groups -OCH3 is 1. The Morgan fingerprint density at radius 3 is 2.67 bits per heavy atom. The van der Waals surface area contributed by atoms with Crippen molar-refractivity contribution in [2.45, 2.75) is 19.1 Å². The van der Waals surface area contributed by atoms with Gasteiger partial charge in [-0.15, -0.1) is 0 Å². The second-order valence-corrected chi connectivity index (χ2v) is 6.05. The fraction of sp³-hybridized carbons (Fsp3) is 0.611. The summed E-state index contributed by atoms with van der Waals surface area (Å²) in [4.78, 5) is 6.34. The monoisotopic (exact) mass is 390 g/mol. The quantitative estimate of drug-likeness (QED) is 0.345. The van der Waals surface area contributed by atoms with Crippen molar-refractivity contribution in [1.82, 2.24) is 15.5 Å². The Kier molecular flexibility index (Phi) is 10.6. The predicted octanol–water partition coefficient (Wildman–Crippen LogP) is 2.26. The number of rotatable bonds is 11. The van der Waals surface area contributed by atoms with Gasteiger partial charge in [0.1, 0.15) is 5.75 Å². The van der Waals surface area contributed by atoms with Crippen molar-refractivity contribution in [2.75, 3.05) is 54.1 Å². The van der Waals surface area contributed by atoms with Crippen LogP contribution in [0.3, 0.4) is 0 Å². The Hall–Kier alpha value is -2.00. The van der Waals surface area contributed by atoms with E-state index in [0.29, 0.717) is 12.5 Å². The first-order valence-corrected chi connectivity index (χ1v) is 8.74. The Morgan fingerprint density at radius 2 is 2.00 bits per heavy atom. The van der Waals surface area contributed by atoms with E-state index in [1.807, 2.05) is 13.1 Å². The first-order chi connectivity index (χ1) is 12.8. The molecule has 1 aromatic rings. The highest BCUT2D eigenvalue weighted by Crippen LogP contribution is 2.19. The van der Waals surface area contributed by atoms with Crippen LogP contribution in [0, 0.1) is 0 Å². The number of hydrogen-bond acceptors (Lipinski definition) is 4. The van der Waals surface area contributed by atoms with Gasteiger partial charge in [-0.05, 0) is 31.2 Å². The minimum absolute atomic E-state index is 0.187. The van der Waals surface area contributed by atoms with Crippen molar-refractivity contribution in [2.24, 2.45) is 4.99 Å². The fourth-order valence-corrected chi connectivity index (χ4v) is 2.27. The molecule has 0 spiro atoms. The molecule has 0 radical (unpaired) electrons.